The lowest BCUT2D eigenvalue weighted by Gasteiger charge is -2.32. The minimum absolute atomic E-state index is 0.0542. The first-order valence-corrected chi connectivity index (χ1v) is 8.21. The van der Waals surface area contributed by atoms with Gasteiger partial charge in [-0.05, 0) is 34.0 Å². The molecule has 0 amide bonds. The molecule has 21 heavy (non-hydrogen) atoms. The van der Waals surface area contributed by atoms with Crippen LogP contribution in [0.15, 0.2) is 38.7 Å². The molecule has 1 aromatic heterocycles. The summed E-state index contributed by atoms with van der Waals surface area (Å²) < 4.78 is 6.54. The van der Waals surface area contributed by atoms with Gasteiger partial charge in [-0.3, -0.25) is 4.79 Å². The second-order valence-corrected chi connectivity index (χ2v) is 7.83. The molecule has 0 radical (unpaired) electrons. The molecular formula is C15H13BrN2O2S. The highest BCUT2D eigenvalue weighted by atomic mass is 79.9. The fourth-order valence-corrected chi connectivity index (χ4v) is 4.40. The Morgan fingerprint density at radius 2 is 2.24 bits per heavy atom. The van der Waals surface area contributed by atoms with Crippen molar-refractivity contribution in [2.75, 3.05) is 0 Å². The predicted molar refractivity (Wildman–Crippen MR) is 83.1 cm³/mol. The molecule has 0 saturated carbocycles. The third kappa shape index (κ3) is 2.41. The third-order valence-corrected chi connectivity index (χ3v) is 5.43. The minimum Gasteiger partial charge on any atom is -0.444 e. The highest BCUT2D eigenvalue weighted by Gasteiger charge is 2.40. The van der Waals surface area contributed by atoms with Crippen molar-refractivity contribution in [2.24, 2.45) is 11.7 Å². The van der Waals surface area contributed by atoms with Crippen molar-refractivity contribution in [3.05, 3.63) is 43.6 Å². The van der Waals surface area contributed by atoms with Gasteiger partial charge in [-0.2, -0.15) is 5.26 Å². The van der Waals surface area contributed by atoms with E-state index in [0.717, 1.165) is 8.66 Å². The van der Waals surface area contributed by atoms with Crippen molar-refractivity contribution in [2.45, 2.75) is 25.7 Å². The number of Topliss-reactive ketones (excluding diaryl/α,β-unsaturated/α-hetero) is 1. The first-order chi connectivity index (χ1) is 10.0. The van der Waals surface area contributed by atoms with Crippen molar-refractivity contribution in [3.63, 3.8) is 0 Å². The number of allylic oxidation sites excluding steroid dienone is 3. The summed E-state index contributed by atoms with van der Waals surface area (Å²) in [6.45, 7) is 2.02. The molecule has 1 aliphatic heterocycles. The van der Waals surface area contributed by atoms with Crippen LogP contribution in [0.5, 0.6) is 0 Å². The van der Waals surface area contributed by atoms with E-state index in [-0.39, 0.29) is 17.6 Å². The van der Waals surface area contributed by atoms with E-state index in [1.54, 1.807) is 0 Å². The van der Waals surface area contributed by atoms with Crippen LogP contribution in [0, 0.1) is 17.2 Å². The fraction of sp³-hybridized carbons (Fsp3) is 0.333. The molecule has 1 aromatic rings. The first kappa shape index (κ1) is 14.4. The molecule has 2 heterocycles. The normalized spacial score (nSPS) is 25.5. The van der Waals surface area contributed by atoms with Crippen LogP contribution in [0.2, 0.25) is 0 Å². The summed E-state index contributed by atoms with van der Waals surface area (Å²) in [5, 5.41) is 9.42. The molecule has 3 rings (SSSR count). The van der Waals surface area contributed by atoms with Gasteiger partial charge in [-0.25, -0.2) is 0 Å². The summed E-state index contributed by atoms with van der Waals surface area (Å²) in [5.74, 6) is 0.648. The number of hydrogen-bond donors (Lipinski definition) is 1. The summed E-state index contributed by atoms with van der Waals surface area (Å²) in [5.41, 5.74) is 6.83. The van der Waals surface area contributed by atoms with Crippen molar-refractivity contribution in [1.29, 1.82) is 5.26 Å². The molecule has 2 aliphatic rings. The van der Waals surface area contributed by atoms with E-state index in [9.17, 15) is 10.1 Å². The minimum atomic E-state index is -0.393. The zero-order valence-electron chi connectivity index (χ0n) is 11.4. The van der Waals surface area contributed by atoms with Gasteiger partial charge in [-0.1, -0.05) is 6.92 Å². The van der Waals surface area contributed by atoms with Crippen LogP contribution in [0.1, 0.15) is 30.6 Å². The molecule has 108 valence electrons. The number of halogens is 1. The lowest BCUT2D eigenvalue weighted by atomic mass is 9.78. The molecule has 0 unspecified atom stereocenters. The molecule has 0 fully saturated rings. The van der Waals surface area contributed by atoms with Crippen LogP contribution in [0.25, 0.3) is 0 Å². The maximum atomic E-state index is 12.5. The Labute approximate surface area is 135 Å². The second-order valence-electron chi connectivity index (χ2n) is 5.34. The number of nitriles is 1. The van der Waals surface area contributed by atoms with E-state index >= 15 is 0 Å². The number of ketones is 1. The van der Waals surface area contributed by atoms with Crippen molar-refractivity contribution >= 4 is 33.0 Å². The van der Waals surface area contributed by atoms with Gasteiger partial charge < -0.3 is 10.5 Å². The highest BCUT2D eigenvalue weighted by molar-refractivity contribution is 9.11. The predicted octanol–water partition coefficient (Wildman–Crippen LogP) is 3.57. The van der Waals surface area contributed by atoms with E-state index in [4.69, 9.17) is 10.5 Å². The summed E-state index contributed by atoms with van der Waals surface area (Å²) in [4.78, 5) is 13.4. The van der Waals surface area contributed by atoms with E-state index in [1.165, 1.54) is 11.3 Å². The molecule has 0 aromatic carbocycles. The molecule has 0 spiro atoms. The third-order valence-electron chi connectivity index (χ3n) is 3.74. The molecular weight excluding hydrogens is 352 g/mol. The quantitative estimate of drug-likeness (QED) is 0.826. The smallest absolute Gasteiger partial charge is 0.205 e. The lowest BCUT2D eigenvalue weighted by Crippen LogP contribution is -2.29. The summed E-state index contributed by atoms with van der Waals surface area (Å²) in [7, 11) is 0. The number of nitrogens with two attached hydrogens (primary N) is 1. The number of hydrogen-bond acceptors (Lipinski definition) is 5. The van der Waals surface area contributed by atoms with Gasteiger partial charge in [0.25, 0.3) is 0 Å². The van der Waals surface area contributed by atoms with E-state index in [2.05, 4.69) is 22.0 Å². The number of ether oxygens (including phenoxy) is 1. The Kier molecular flexibility index (Phi) is 3.64. The summed E-state index contributed by atoms with van der Waals surface area (Å²) in [6, 6.07) is 5.95. The Bertz CT molecular complexity index is 726. The van der Waals surface area contributed by atoms with Gasteiger partial charge >= 0.3 is 0 Å². The van der Waals surface area contributed by atoms with Gasteiger partial charge in [-0.15, -0.1) is 11.3 Å². The highest BCUT2D eigenvalue weighted by Crippen LogP contribution is 2.46. The van der Waals surface area contributed by atoms with Crippen LogP contribution < -0.4 is 5.73 Å². The molecule has 6 heteroatoms. The van der Waals surface area contributed by atoms with E-state index in [0.29, 0.717) is 29.7 Å². The number of carbonyl (C=O) groups is 1. The number of nitrogens with zero attached hydrogens (tertiary/aromatic N) is 1. The van der Waals surface area contributed by atoms with Crippen LogP contribution in [0.4, 0.5) is 0 Å². The van der Waals surface area contributed by atoms with Gasteiger partial charge in [0.1, 0.15) is 17.4 Å². The van der Waals surface area contributed by atoms with Crippen LogP contribution >= 0.6 is 27.3 Å². The number of carbonyl (C=O) groups excluding carboxylic acids is 1. The maximum Gasteiger partial charge on any atom is 0.205 e. The van der Waals surface area contributed by atoms with Crippen molar-refractivity contribution in [1.82, 2.24) is 0 Å². The standard InChI is InChI=1S/C15H13BrN2O2S/c1-7-4-9(19)14-10(5-7)20-15(18)8(6-17)13(14)11-2-3-12(16)21-11/h2-3,7,13H,4-5,18H2,1H3/t7-,13-/m0/s1. The zero-order valence-corrected chi connectivity index (χ0v) is 13.8. The summed E-state index contributed by atoms with van der Waals surface area (Å²) in [6.07, 6.45) is 1.17. The average Bonchev–Trinajstić information content (AvgIpc) is 2.83. The first-order valence-electron chi connectivity index (χ1n) is 6.60. The fourth-order valence-electron chi connectivity index (χ4n) is 2.86. The van der Waals surface area contributed by atoms with Gasteiger partial charge in [0, 0.05) is 23.3 Å². The van der Waals surface area contributed by atoms with Crippen LogP contribution in [-0.4, -0.2) is 5.78 Å². The number of thiophene rings is 1. The van der Waals surface area contributed by atoms with E-state index in [1.807, 2.05) is 19.1 Å². The number of rotatable bonds is 1. The van der Waals surface area contributed by atoms with Gasteiger partial charge in [0.2, 0.25) is 5.88 Å². The molecule has 2 N–H and O–H groups in total. The Balaban J connectivity index is 2.17. The Morgan fingerprint density at radius 3 is 2.86 bits per heavy atom. The SMILES string of the molecule is C[C@H]1CC(=O)C2=C(C1)OC(N)=C(C#N)[C@H]2c1ccc(Br)s1. The molecule has 4 nitrogen and oxygen atoms in total. The van der Waals surface area contributed by atoms with Gasteiger partial charge in [0.05, 0.1) is 9.70 Å². The Morgan fingerprint density at radius 1 is 1.48 bits per heavy atom. The van der Waals surface area contributed by atoms with Gasteiger partial charge in [0.15, 0.2) is 5.78 Å². The average molecular weight is 365 g/mol. The monoisotopic (exact) mass is 364 g/mol. The largest absolute Gasteiger partial charge is 0.444 e. The summed E-state index contributed by atoms with van der Waals surface area (Å²) >= 11 is 4.93. The van der Waals surface area contributed by atoms with E-state index < -0.39 is 5.92 Å². The molecule has 0 bridgehead atoms. The van der Waals surface area contributed by atoms with Crippen LogP contribution in [-0.2, 0) is 9.53 Å². The lowest BCUT2D eigenvalue weighted by molar-refractivity contribution is -0.117. The van der Waals surface area contributed by atoms with Crippen LogP contribution in [0.3, 0.4) is 0 Å². The molecule has 2 atom stereocenters. The molecule has 1 aliphatic carbocycles. The molecule has 0 saturated heterocycles. The van der Waals surface area contributed by atoms with Crippen molar-refractivity contribution in [3.8, 4) is 6.07 Å². The topological polar surface area (TPSA) is 76.1 Å². The Hall–Kier alpha value is -1.58. The second kappa shape index (κ2) is 5.32. The zero-order chi connectivity index (χ0) is 15.1. The maximum absolute atomic E-state index is 12.5. The van der Waals surface area contributed by atoms with Crippen molar-refractivity contribution < 1.29 is 9.53 Å².